The third-order valence-electron chi connectivity index (χ3n) is 2.91. The van der Waals surface area contributed by atoms with E-state index in [1.165, 1.54) is 18.5 Å². The monoisotopic (exact) mass is 305 g/mol. The highest BCUT2D eigenvalue weighted by atomic mass is 35.5. The Hall–Kier alpha value is -2.54. The van der Waals surface area contributed by atoms with E-state index in [-0.39, 0.29) is 16.7 Å². The number of fused-ring (bicyclic) bond motifs is 1. The third kappa shape index (κ3) is 2.55. The van der Waals surface area contributed by atoms with E-state index in [9.17, 15) is 9.18 Å². The molecule has 1 aromatic carbocycles. The van der Waals surface area contributed by atoms with Crippen molar-refractivity contribution in [2.75, 3.05) is 5.32 Å². The van der Waals surface area contributed by atoms with Crippen LogP contribution in [-0.4, -0.2) is 25.8 Å². The Morgan fingerprint density at radius 2 is 2.19 bits per heavy atom. The molecule has 0 bridgehead atoms. The Balaban J connectivity index is 1.94. The van der Waals surface area contributed by atoms with Crippen molar-refractivity contribution in [2.24, 2.45) is 0 Å². The first-order valence-electron chi connectivity index (χ1n) is 5.99. The van der Waals surface area contributed by atoms with E-state index >= 15 is 0 Å². The summed E-state index contributed by atoms with van der Waals surface area (Å²) in [6.07, 6.45) is 1.42. The van der Waals surface area contributed by atoms with Gasteiger partial charge in [0.25, 0.3) is 5.91 Å². The third-order valence-corrected chi connectivity index (χ3v) is 3.18. The fourth-order valence-electron chi connectivity index (χ4n) is 1.86. The number of carbonyl (C=O) groups excluding carboxylic acids is 1. The van der Waals surface area contributed by atoms with Crippen LogP contribution in [0, 0.1) is 12.7 Å². The second-order valence-corrected chi connectivity index (χ2v) is 4.71. The van der Waals surface area contributed by atoms with Gasteiger partial charge >= 0.3 is 0 Å². The van der Waals surface area contributed by atoms with Gasteiger partial charge in [-0.15, -0.1) is 0 Å². The van der Waals surface area contributed by atoms with Crippen molar-refractivity contribution in [3.63, 3.8) is 0 Å². The molecule has 2 aromatic heterocycles. The number of hydrogen-bond donors (Lipinski definition) is 2. The molecule has 1 amide bonds. The van der Waals surface area contributed by atoms with Crippen LogP contribution in [0.4, 0.5) is 10.3 Å². The van der Waals surface area contributed by atoms with Gasteiger partial charge in [-0.25, -0.2) is 9.37 Å². The normalized spacial score (nSPS) is 10.8. The van der Waals surface area contributed by atoms with Crippen molar-refractivity contribution >= 4 is 34.6 Å². The first kappa shape index (κ1) is 13.4. The molecule has 0 unspecified atom stereocenters. The fraction of sp³-hybridized carbons (Fsp3) is 0.0769. The summed E-state index contributed by atoms with van der Waals surface area (Å²) in [7, 11) is 0. The highest BCUT2D eigenvalue weighted by Crippen LogP contribution is 2.19. The van der Waals surface area contributed by atoms with E-state index in [1.54, 1.807) is 6.92 Å². The SMILES string of the molecule is Cc1ccc(F)cc1C(=O)Nc1nc(Cl)c2[nH]cnc2n1. The van der Waals surface area contributed by atoms with Gasteiger partial charge in [-0.1, -0.05) is 17.7 Å². The van der Waals surface area contributed by atoms with Crippen molar-refractivity contribution in [3.8, 4) is 0 Å². The second-order valence-electron chi connectivity index (χ2n) is 4.35. The highest BCUT2D eigenvalue weighted by Gasteiger charge is 2.14. The van der Waals surface area contributed by atoms with E-state index in [2.05, 4.69) is 25.3 Å². The zero-order valence-electron chi connectivity index (χ0n) is 10.8. The van der Waals surface area contributed by atoms with Crippen molar-refractivity contribution < 1.29 is 9.18 Å². The lowest BCUT2D eigenvalue weighted by atomic mass is 10.1. The molecule has 0 spiro atoms. The summed E-state index contributed by atoms with van der Waals surface area (Å²) >= 11 is 5.96. The summed E-state index contributed by atoms with van der Waals surface area (Å²) in [4.78, 5) is 26.9. The quantitative estimate of drug-likeness (QED) is 0.713. The molecular weight excluding hydrogens is 297 g/mol. The summed E-state index contributed by atoms with van der Waals surface area (Å²) < 4.78 is 13.2. The number of halogens is 2. The second kappa shape index (κ2) is 5.10. The molecule has 3 rings (SSSR count). The zero-order valence-corrected chi connectivity index (χ0v) is 11.6. The highest BCUT2D eigenvalue weighted by molar-refractivity contribution is 6.33. The average Bonchev–Trinajstić information content (AvgIpc) is 2.90. The molecule has 0 fully saturated rings. The minimum atomic E-state index is -0.516. The smallest absolute Gasteiger partial charge is 0.258 e. The number of nitrogens with zero attached hydrogens (tertiary/aromatic N) is 3. The molecule has 0 saturated heterocycles. The number of aromatic nitrogens is 4. The van der Waals surface area contributed by atoms with Gasteiger partial charge in [0, 0.05) is 5.56 Å². The van der Waals surface area contributed by atoms with E-state index in [4.69, 9.17) is 11.6 Å². The predicted molar refractivity (Wildman–Crippen MR) is 75.8 cm³/mol. The molecule has 2 heterocycles. The van der Waals surface area contributed by atoms with Crippen LogP contribution in [0.5, 0.6) is 0 Å². The molecule has 0 aliphatic carbocycles. The molecule has 8 heteroatoms. The lowest BCUT2D eigenvalue weighted by Gasteiger charge is -2.07. The molecule has 0 saturated carbocycles. The van der Waals surface area contributed by atoms with Crippen molar-refractivity contribution in [1.82, 2.24) is 19.9 Å². The van der Waals surface area contributed by atoms with Crippen molar-refractivity contribution in [2.45, 2.75) is 6.92 Å². The van der Waals surface area contributed by atoms with Crippen LogP contribution in [0.3, 0.4) is 0 Å². The molecule has 6 nitrogen and oxygen atoms in total. The molecule has 0 aliphatic heterocycles. The first-order valence-corrected chi connectivity index (χ1v) is 6.36. The van der Waals surface area contributed by atoms with Crippen LogP contribution in [0.15, 0.2) is 24.5 Å². The van der Waals surface area contributed by atoms with Crippen LogP contribution < -0.4 is 5.32 Å². The van der Waals surface area contributed by atoms with Gasteiger partial charge in [0.05, 0.1) is 6.33 Å². The van der Waals surface area contributed by atoms with Crippen LogP contribution >= 0.6 is 11.6 Å². The molecule has 2 N–H and O–H groups in total. The largest absolute Gasteiger partial charge is 0.341 e. The van der Waals surface area contributed by atoms with Crippen LogP contribution in [-0.2, 0) is 0 Å². The van der Waals surface area contributed by atoms with Crippen LogP contribution in [0.2, 0.25) is 5.15 Å². The Labute approximate surface area is 123 Å². The Morgan fingerprint density at radius 3 is 3.00 bits per heavy atom. The van der Waals surface area contributed by atoms with Gasteiger partial charge in [-0.05, 0) is 24.6 Å². The zero-order chi connectivity index (χ0) is 15.0. The lowest BCUT2D eigenvalue weighted by Crippen LogP contribution is -2.16. The van der Waals surface area contributed by atoms with Gasteiger partial charge in [0.15, 0.2) is 10.8 Å². The van der Waals surface area contributed by atoms with Crippen LogP contribution in [0.25, 0.3) is 11.2 Å². The maximum Gasteiger partial charge on any atom is 0.258 e. The van der Waals surface area contributed by atoms with Crippen LogP contribution in [0.1, 0.15) is 15.9 Å². The fourth-order valence-corrected chi connectivity index (χ4v) is 2.08. The minimum absolute atomic E-state index is 0.00765. The predicted octanol–water partition coefficient (Wildman–Crippen LogP) is 2.71. The van der Waals surface area contributed by atoms with E-state index in [1.807, 2.05) is 0 Å². The molecule has 106 valence electrons. The Bertz CT molecular complexity index is 848. The molecule has 0 aliphatic rings. The van der Waals surface area contributed by atoms with Gasteiger partial charge in [0.2, 0.25) is 5.95 Å². The van der Waals surface area contributed by atoms with Gasteiger partial charge in [-0.3, -0.25) is 10.1 Å². The molecule has 0 atom stereocenters. The molecule has 0 radical (unpaired) electrons. The maximum absolute atomic E-state index is 13.2. The number of rotatable bonds is 2. The van der Waals surface area contributed by atoms with E-state index in [0.717, 1.165) is 6.07 Å². The number of amides is 1. The minimum Gasteiger partial charge on any atom is -0.341 e. The first-order chi connectivity index (χ1) is 10.0. The summed E-state index contributed by atoms with van der Waals surface area (Å²) in [6, 6.07) is 3.96. The number of H-pyrrole nitrogens is 1. The summed E-state index contributed by atoms with van der Waals surface area (Å²) in [5.41, 5.74) is 1.66. The number of benzene rings is 1. The number of imidazole rings is 1. The molecule has 21 heavy (non-hydrogen) atoms. The topological polar surface area (TPSA) is 83.6 Å². The number of nitrogens with one attached hydrogen (secondary N) is 2. The summed E-state index contributed by atoms with van der Waals surface area (Å²) in [5.74, 6) is -1.00. The summed E-state index contributed by atoms with van der Waals surface area (Å²) in [6.45, 7) is 1.71. The number of aromatic amines is 1. The van der Waals surface area contributed by atoms with Crippen molar-refractivity contribution in [1.29, 1.82) is 0 Å². The molecule has 3 aromatic rings. The van der Waals surface area contributed by atoms with Gasteiger partial charge < -0.3 is 4.98 Å². The van der Waals surface area contributed by atoms with E-state index < -0.39 is 11.7 Å². The number of anilines is 1. The summed E-state index contributed by atoms with van der Waals surface area (Å²) in [5, 5.41) is 2.63. The Kier molecular flexibility index (Phi) is 3.26. The number of aryl methyl sites for hydroxylation is 1. The number of carbonyl (C=O) groups is 1. The maximum atomic E-state index is 13.2. The standard InChI is InChI=1S/C13H9ClFN5O/c1-6-2-3-7(15)4-8(6)12(21)20-13-18-10(14)9-11(19-13)17-5-16-9/h2-5H,1H3,(H2,16,17,18,19,20,21). The van der Waals surface area contributed by atoms with Crippen molar-refractivity contribution in [3.05, 3.63) is 46.6 Å². The average molecular weight is 306 g/mol. The van der Waals surface area contributed by atoms with Gasteiger partial charge in [-0.2, -0.15) is 9.97 Å². The van der Waals surface area contributed by atoms with Gasteiger partial charge in [0.1, 0.15) is 11.3 Å². The van der Waals surface area contributed by atoms with E-state index in [0.29, 0.717) is 16.7 Å². The Morgan fingerprint density at radius 1 is 1.38 bits per heavy atom. The molecular formula is C13H9ClFN5O. The number of hydrogen-bond acceptors (Lipinski definition) is 4. The lowest BCUT2D eigenvalue weighted by molar-refractivity contribution is 0.102.